The lowest BCUT2D eigenvalue weighted by atomic mass is 10.3. The first-order chi connectivity index (χ1) is 9.13. The third kappa shape index (κ3) is 4.08. The van der Waals surface area contributed by atoms with Gasteiger partial charge in [-0.2, -0.15) is 0 Å². The summed E-state index contributed by atoms with van der Waals surface area (Å²) in [4.78, 5) is 18.5. The molecule has 0 unspecified atom stereocenters. The van der Waals surface area contributed by atoms with Crippen LogP contribution in [0, 0.1) is 0 Å². The summed E-state index contributed by atoms with van der Waals surface area (Å²) in [7, 11) is 0. The Bertz CT molecular complexity index is 612. The predicted octanol–water partition coefficient (Wildman–Crippen LogP) is 2.97. The van der Waals surface area contributed by atoms with E-state index in [0.717, 1.165) is 11.8 Å². The number of nitrogens with one attached hydrogen (secondary N) is 1. The summed E-state index contributed by atoms with van der Waals surface area (Å²) in [5, 5.41) is 12.1. The van der Waals surface area contributed by atoms with Gasteiger partial charge in [0.15, 0.2) is 0 Å². The monoisotopic (exact) mass is 275 g/mol. The van der Waals surface area contributed by atoms with Crippen LogP contribution < -0.4 is 5.32 Å². The average Bonchev–Trinajstić information content (AvgIpc) is 2.38. The van der Waals surface area contributed by atoms with Crippen LogP contribution in [-0.4, -0.2) is 21.0 Å². The smallest absolute Gasteiger partial charge is 0.328 e. The van der Waals surface area contributed by atoms with Crippen LogP contribution in [0.5, 0.6) is 0 Å². The molecule has 1 heterocycles. The van der Waals surface area contributed by atoms with E-state index >= 15 is 0 Å². The van der Waals surface area contributed by atoms with Crippen molar-refractivity contribution in [3.8, 4) is 0 Å². The third-order valence-corrected chi connectivity index (χ3v) is 2.41. The van der Waals surface area contributed by atoms with Gasteiger partial charge < -0.3 is 10.4 Å². The molecule has 0 atom stereocenters. The largest absolute Gasteiger partial charge is 0.478 e. The Morgan fingerprint density at radius 3 is 2.68 bits per heavy atom. The van der Waals surface area contributed by atoms with Crippen molar-refractivity contribution in [2.24, 2.45) is 0 Å². The van der Waals surface area contributed by atoms with Crippen molar-refractivity contribution in [1.82, 2.24) is 9.97 Å². The van der Waals surface area contributed by atoms with E-state index in [1.165, 1.54) is 18.5 Å². The molecule has 2 rings (SSSR count). The second kappa shape index (κ2) is 5.97. The van der Waals surface area contributed by atoms with Crippen molar-refractivity contribution >= 4 is 35.3 Å². The first-order valence-corrected chi connectivity index (χ1v) is 5.77. The molecule has 96 valence electrons. The van der Waals surface area contributed by atoms with E-state index in [1.807, 2.05) is 12.1 Å². The van der Waals surface area contributed by atoms with Gasteiger partial charge in [-0.25, -0.2) is 14.8 Å². The molecule has 2 N–H and O–H groups in total. The van der Waals surface area contributed by atoms with E-state index < -0.39 is 5.97 Å². The molecule has 2 aromatic rings. The van der Waals surface area contributed by atoms with E-state index in [0.29, 0.717) is 16.5 Å². The number of hydrogen-bond acceptors (Lipinski definition) is 4. The first-order valence-electron chi connectivity index (χ1n) is 5.39. The normalized spacial score (nSPS) is 10.6. The van der Waals surface area contributed by atoms with Crippen LogP contribution >= 0.6 is 11.6 Å². The molecule has 1 aromatic carbocycles. The highest BCUT2D eigenvalue weighted by molar-refractivity contribution is 6.30. The van der Waals surface area contributed by atoms with Gasteiger partial charge in [0.2, 0.25) is 5.95 Å². The van der Waals surface area contributed by atoms with Gasteiger partial charge in [-0.3, -0.25) is 0 Å². The summed E-state index contributed by atoms with van der Waals surface area (Å²) in [5.41, 5.74) is 1.39. The molecule has 5 nitrogen and oxygen atoms in total. The van der Waals surface area contributed by atoms with E-state index in [2.05, 4.69) is 15.3 Å². The number of hydrogen-bond donors (Lipinski definition) is 2. The van der Waals surface area contributed by atoms with E-state index in [-0.39, 0.29) is 0 Å². The highest BCUT2D eigenvalue weighted by atomic mass is 35.5. The van der Waals surface area contributed by atoms with Crippen molar-refractivity contribution in [2.75, 3.05) is 5.32 Å². The van der Waals surface area contributed by atoms with Gasteiger partial charge in [0.05, 0.1) is 0 Å². The standard InChI is InChI=1S/C13H10ClN3O2/c14-10-2-1-3-11(6-10)17-13-15-7-9(8-16-13)4-5-12(18)19/h1-8H,(H,18,19)(H,15,16,17)/b5-4+. The molecule has 0 amide bonds. The zero-order chi connectivity index (χ0) is 13.7. The number of nitrogens with zero attached hydrogens (tertiary/aromatic N) is 2. The first kappa shape index (κ1) is 13.0. The predicted molar refractivity (Wildman–Crippen MR) is 73.4 cm³/mol. The van der Waals surface area contributed by atoms with Crippen LogP contribution in [0.3, 0.4) is 0 Å². The molecule has 0 bridgehead atoms. The van der Waals surface area contributed by atoms with E-state index in [1.54, 1.807) is 12.1 Å². The summed E-state index contributed by atoms with van der Waals surface area (Å²) < 4.78 is 0. The van der Waals surface area contributed by atoms with Crippen molar-refractivity contribution in [3.63, 3.8) is 0 Å². The Labute approximate surface area is 114 Å². The third-order valence-electron chi connectivity index (χ3n) is 2.17. The Morgan fingerprint density at radius 1 is 1.32 bits per heavy atom. The molecule has 0 saturated carbocycles. The summed E-state index contributed by atoms with van der Waals surface area (Å²) >= 11 is 5.86. The number of aromatic nitrogens is 2. The molecule has 19 heavy (non-hydrogen) atoms. The highest BCUT2D eigenvalue weighted by Gasteiger charge is 1.98. The fourth-order valence-corrected chi connectivity index (χ4v) is 1.54. The highest BCUT2D eigenvalue weighted by Crippen LogP contribution is 2.17. The van der Waals surface area contributed by atoms with Crippen LogP contribution in [0.4, 0.5) is 11.6 Å². The molecule has 0 aliphatic heterocycles. The van der Waals surface area contributed by atoms with Crippen LogP contribution in [0.25, 0.3) is 6.08 Å². The summed E-state index contributed by atoms with van der Waals surface area (Å²) in [6.07, 6.45) is 5.51. The maximum absolute atomic E-state index is 10.4. The number of anilines is 2. The number of rotatable bonds is 4. The average molecular weight is 276 g/mol. The van der Waals surface area contributed by atoms with Crippen LogP contribution in [0.1, 0.15) is 5.56 Å². The lowest BCUT2D eigenvalue weighted by Gasteiger charge is -2.04. The van der Waals surface area contributed by atoms with Crippen molar-refractivity contribution < 1.29 is 9.90 Å². The second-order valence-corrected chi connectivity index (χ2v) is 4.08. The minimum Gasteiger partial charge on any atom is -0.478 e. The van der Waals surface area contributed by atoms with E-state index in [9.17, 15) is 4.79 Å². The Hall–Kier alpha value is -2.40. The maximum atomic E-state index is 10.4. The molecule has 0 fully saturated rings. The van der Waals surface area contributed by atoms with Gasteiger partial charge in [-0.1, -0.05) is 17.7 Å². The molecule has 0 radical (unpaired) electrons. The van der Waals surface area contributed by atoms with Crippen molar-refractivity contribution in [1.29, 1.82) is 0 Å². The number of carbonyl (C=O) groups is 1. The minimum atomic E-state index is -1.01. The van der Waals surface area contributed by atoms with Crippen molar-refractivity contribution in [3.05, 3.63) is 53.3 Å². The number of carboxylic acid groups (broad SMARTS) is 1. The lowest BCUT2D eigenvalue weighted by Crippen LogP contribution is -1.96. The number of benzene rings is 1. The lowest BCUT2D eigenvalue weighted by molar-refractivity contribution is -0.131. The molecule has 0 spiro atoms. The Morgan fingerprint density at radius 2 is 2.05 bits per heavy atom. The summed E-state index contributed by atoms with van der Waals surface area (Å²) in [6.45, 7) is 0. The summed E-state index contributed by atoms with van der Waals surface area (Å²) in [5.74, 6) is -0.601. The van der Waals surface area contributed by atoms with Gasteiger partial charge in [-0.05, 0) is 24.3 Å². The molecular weight excluding hydrogens is 266 g/mol. The van der Waals surface area contributed by atoms with E-state index in [4.69, 9.17) is 16.7 Å². The van der Waals surface area contributed by atoms with Crippen LogP contribution in [0.2, 0.25) is 5.02 Å². The molecule has 0 aliphatic rings. The molecule has 0 saturated heterocycles. The number of halogens is 1. The zero-order valence-electron chi connectivity index (χ0n) is 9.75. The zero-order valence-corrected chi connectivity index (χ0v) is 10.5. The van der Waals surface area contributed by atoms with Gasteiger partial charge in [0.25, 0.3) is 0 Å². The van der Waals surface area contributed by atoms with Gasteiger partial charge in [0, 0.05) is 34.7 Å². The molecule has 1 aromatic heterocycles. The van der Waals surface area contributed by atoms with Crippen molar-refractivity contribution in [2.45, 2.75) is 0 Å². The molecule has 6 heteroatoms. The topological polar surface area (TPSA) is 75.1 Å². The number of carboxylic acids is 1. The Balaban J connectivity index is 2.08. The Kier molecular flexibility index (Phi) is 4.10. The van der Waals surface area contributed by atoms with Crippen LogP contribution in [-0.2, 0) is 4.79 Å². The SMILES string of the molecule is O=C(O)/C=C/c1cnc(Nc2cccc(Cl)c2)nc1. The molecule has 0 aliphatic carbocycles. The number of aliphatic carboxylic acids is 1. The fourth-order valence-electron chi connectivity index (χ4n) is 1.35. The minimum absolute atomic E-state index is 0.412. The van der Waals surface area contributed by atoms with Gasteiger partial charge in [0.1, 0.15) is 0 Å². The molecular formula is C13H10ClN3O2. The fraction of sp³-hybridized carbons (Fsp3) is 0. The van der Waals surface area contributed by atoms with Crippen LogP contribution in [0.15, 0.2) is 42.7 Å². The summed E-state index contributed by atoms with van der Waals surface area (Å²) in [6, 6.07) is 7.18. The quantitative estimate of drug-likeness (QED) is 0.839. The van der Waals surface area contributed by atoms with Gasteiger partial charge >= 0.3 is 5.97 Å². The second-order valence-electron chi connectivity index (χ2n) is 3.65. The van der Waals surface area contributed by atoms with Gasteiger partial charge in [-0.15, -0.1) is 0 Å². The maximum Gasteiger partial charge on any atom is 0.328 e.